The van der Waals surface area contributed by atoms with Gasteiger partial charge in [0.05, 0.1) is 5.03 Å². The van der Waals surface area contributed by atoms with Crippen molar-refractivity contribution in [3.63, 3.8) is 0 Å². The lowest BCUT2D eigenvalue weighted by Gasteiger charge is -2.09. The quantitative estimate of drug-likeness (QED) is 0.829. The molecule has 18 heavy (non-hydrogen) atoms. The number of rotatable bonds is 5. The Bertz CT molecular complexity index is 468. The summed E-state index contributed by atoms with van der Waals surface area (Å²) in [7, 11) is 0. The average molecular weight is 258 g/mol. The lowest BCUT2D eigenvalue weighted by atomic mass is 10.1. The number of thioether (sulfide) groups is 1. The third-order valence-corrected chi connectivity index (χ3v) is 3.87. The number of benzene rings is 1. The summed E-state index contributed by atoms with van der Waals surface area (Å²) in [6.07, 6.45) is 2.83. The minimum atomic E-state index is 0.102. The molecule has 3 heteroatoms. The van der Waals surface area contributed by atoms with E-state index in [1.54, 1.807) is 11.8 Å². The molecule has 1 unspecified atom stereocenters. The molecular formula is C15H18N2S. The van der Waals surface area contributed by atoms with Crippen molar-refractivity contribution in [2.45, 2.75) is 30.2 Å². The second-order valence-corrected chi connectivity index (χ2v) is 5.21. The molecule has 0 aliphatic rings. The molecule has 0 bridgehead atoms. The van der Waals surface area contributed by atoms with Gasteiger partial charge in [0.1, 0.15) is 0 Å². The van der Waals surface area contributed by atoms with E-state index in [-0.39, 0.29) is 6.04 Å². The fourth-order valence-corrected chi connectivity index (χ4v) is 2.46. The number of pyridine rings is 1. The van der Waals surface area contributed by atoms with Crippen LogP contribution in [0.1, 0.15) is 30.5 Å². The maximum Gasteiger partial charge on any atom is 0.0963 e. The highest BCUT2D eigenvalue weighted by molar-refractivity contribution is 7.98. The maximum atomic E-state index is 5.96. The summed E-state index contributed by atoms with van der Waals surface area (Å²) in [6, 6.07) is 14.7. The monoisotopic (exact) mass is 258 g/mol. The predicted octanol–water partition coefficient (Wildman–Crippen LogP) is 3.78. The summed E-state index contributed by atoms with van der Waals surface area (Å²) >= 11 is 1.75. The van der Waals surface area contributed by atoms with Crippen LogP contribution >= 0.6 is 11.8 Å². The van der Waals surface area contributed by atoms with Crippen molar-refractivity contribution in [2.75, 3.05) is 0 Å². The summed E-state index contributed by atoms with van der Waals surface area (Å²) in [5.74, 6) is 0.951. The van der Waals surface area contributed by atoms with Gasteiger partial charge in [-0.15, -0.1) is 11.8 Å². The van der Waals surface area contributed by atoms with Crippen LogP contribution in [-0.2, 0) is 5.75 Å². The first kappa shape index (κ1) is 13.1. The third-order valence-electron chi connectivity index (χ3n) is 2.86. The van der Waals surface area contributed by atoms with Crippen molar-refractivity contribution in [1.82, 2.24) is 4.98 Å². The first-order valence-electron chi connectivity index (χ1n) is 6.18. The van der Waals surface area contributed by atoms with E-state index in [1.807, 2.05) is 12.3 Å². The molecule has 1 aromatic heterocycles. The standard InChI is InChI=1S/C15H18N2S/c1-2-14(16)13-8-9-15(17-10-13)18-11-12-6-4-3-5-7-12/h3-10,14H,2,11,16H2,1H3. The topological polar surface area (TPSA) is 38.9 Å². The van der Waals surface area contributed by atoms with Crippen molar-refractivity contribution >= 4 is 11.8 Å². The fraction of sp³-hybridized carbons (Fsp3) is 0.267. The molecule has 2 rings (SSSR count). The molecule has 2 nitrogen and oxygen atoms in total. The fourth-order valence-electron chi connectivity index (χ4n) is 1.66. The predicted molar refractivity (Wildman–Crippen MR) is 77.5 cm³/mol. The van der Waals surface area contributed by atoms with Crippen LogP contribution in [0.15, 0.2) is 53.7 Å². The molecule has 0 saturated carbocycles. The van der Waals surface area contributed by atoms with E-state index in [2.05, 4.69) is 48.3 Å². The number of nitrogens with zero attached hydrogens (tertiary/aromatic N) is 1. The highest BCUT2D eigenvalue weighted by Gasteiger charge is 2.04. The highest BCUT2D eigenvalue weighted by Crippen LogP contribution is 2.22. The first-order valence-corrected chi connectivity index (χ1v) is 7.16. The molecule has 0 spiro atoms. The Hall–Kier alpha value is -1.32. The van der Waals surface area contributed by atoms with Gasteiger partial charge in [-0.3, -0.25) is 0 Å². The van der Waals surface area contributed by atoms with Crippen LogP contribution in [0.2, 0.25) is 0 Å². The number of nitrogens with two attached hydrogens (primary N) is 1. The van der Waals surface area contributed by atoms with Crippen LogP contribution in [0.3, 0.4) is 0 Å². The molecule has 0 aliphatic heterocycles. The van der Waals surface area contributed by atoms with Crippen LogP contribution in [-0.4, -0.2) is 4.98 Å². The highest BCUT2D eigenvalue weighted by atomic mass is 32.2. The summed E-state index contributed by atoms with van der Waals surface area (Å²) in [5.41, 5.74) is 8.39. The normalized spacial score (nSPS) is 12.3. The van der Waals surface area contributed by atoms with Gasteiger partial charge in [0.15, 0.2) is 0 Å². The van der Waals surface area contributed by atoms with Gasteiger partial charge < -0.3 is 5.73 Å². The second-order valence-electron chi connectivity index (χ2n) is 4.22. The Morgan fingerprint density at radius 2 is 1.94 bits per heavy atom. The van der Waals surface area contributed by atoms with Gasteiger partial charge in [0.2, 0.25) is 0 Å². The average Bonchev–Trinajstić information content (AvgIpc) is 2.46. The van der Waals surface area contributed by atoms with Crippen molar-refractivity contribution < 1.29 is 0 Å². The minimum absolute atomic E-state index is 0.102. The Balaban J connectivity index is 1.94. The molecule has 1 aromatic carbocycles. The zero-order valence-corrected chi connectivity index (χ0v) is 11.4. The van der Waals surface area contributed by atoms with E-state index in [0.717, 1.165) is 22.8 Å². The molecule has 1 atom stereocenters. The molecular weight excluding hydrogens is 240 g/mol. The van der Waals surface area contributed by atoms with Gasteiger partial charge in [0, 0.05) is 18.0 Å². The Morgan fingerprint density at radius 1 is 1.17 bits per heavy atom. The van der Waals surface area contributed by atoms with Gasteiger partial charge in [-0.2, -0.15) is 0 Å². The molecule has 0 radical (unpaired) electrons. The van der Waals surface area contributed by atoms with Gasteiger partial charge in [-0.25, -0.2) is 4.98 Å². The molecule has 0 saturated heterocycles. The minimum Gasteiger partial charge on any atom is -0.324 e. The van der Waals surface area contributed by atoms with Crippen molar-refractivity contribution in [3.05, 3.63) is 59.8 Å². The van der Waals surface area contributed by atoms with E-state index in [4.69, 9.17) is 5.73 Å². The lowest BCUT2D eigenvalue weighted by Crippen LogP contribution is -2.08. The Kier molecular flexibility index (Phi) is 4.79. The van der Waals surface area contributed by atoms with E-state index in [9.17, 15) is 0 Å². The third kappa shape index (κ3) is 3.59. The number of hydrogen-bond acceptors (Lipinski definition) is 3. The summed E-state index contributed by atoms with van der Waals surface area (Å²) in [4.78, 5) is 4.45. The van der Waals surface area contributed by atoms with Gasteiger partial charge >= 0.3 is 0 Å². The largest absolute Gasteiger partial charge is 0.324 e. The maximum absolute atomic E-state index is 5.96. The zero-order valence-electron chi connectivity index (χ0n) is 10.5. The molecule has 2 N–H and O–H groups in total. The van der Waals surface area contributed by atoms with Crippen molar-refractivity contribution in [2.24, 2.45) is 5.73 Å². The van der Waals surface area contributed by atoms with Crippen LogP contribution in [0, 0.1) is 0 Å². The van der Waals surface area contributed by atoms with Crippen molar-refractivity contribution in [3.8, 4) is 0 Å². The molecule has 2 aromatic rings. The van der Waals surface area contributed by atoms with Crippen LogP contribution in [0.5, 0.6) is 0 Å². The molecule has 0 fully saturated rings. The van der Waals surface area contributed by atoms with Gasteiger partial charge in [-0.1, -0.05) is 43.3 Å². The van der Waals surface area contributed by atoms with E-state index in [0.29, 0.717) is 0 Å². The number of hydrogen-bond donors (Lipinski definition) is 1. The van der Waals surface area contributed by atoms with E-state index < -0.39 is 0 Å². The molecule has 0 aliphatic carbocycles. The molecule has 0 amide bonds. The summed E-state index contributed by atoms with van der Waals surface area (Å²) in [6.45, 7) is 2.09. The van der Waals surface area contributed by atoms with E-state index in [1.165, 1.54) is 5.56 Å². The Labute approximate surface area is 113 Å². The van der Waals surface area contributed by atoms with Crippen LogP contribution in [0.4, 0.5) is 0 Å². The lowest BCUT2D eigenvalue weighted by molar-refractivity contribution is 0.693. The Morgan fingerprint density at radius 3 is 2.56 bits per heavy atom. The smallest absolute Gasteiger partial charge is 0.0963 e. The van der Waals surface area contributed by atoms with Gasteiger partial charge in [-0.05, 0) is 23.6 Å². The van der Waals surface area contributed by atoms with E-state index >= 15 is 0 Å². The van der Waals surface area contributed by atoms with Gasteiger partial charge in [0.25, 0.3) is 0 Å². The zero-order chi connectivity index (χ0) is 12.8. The SMILES string of the molecule is CCC(N)c1ccc(SCc2ccccc2)nc1. The summed E-state index contributed by atoms with van der Waals surface area (Å²) in [5, 5.41) is 1.05. The second kappa shape index (κ2) is 6.57. The van der Waals surface area contributed by atoms with Crippen LogP contribution in [0.25, 0.3) is 0 Å². The van der Waals surface area contributed by atoms with Crippen LogP contribution < -0.4 is 5.73 Å². The molecule has 94 valence electrons. The molecule has 1 heterocycles. The number of aromatic nitrogens is 1. The first-order chi connectivity index (χ1) is 8.79. The summed E-state index contributed by atoms with van der Waals surface area (Å²) < 4.78 is 0. The van der Waals surface area contributed by atoms with Crippen molar-refractivity contribution in [1.29, 1.82) is 0 Å².